The van der Waals surface area contributed by atoms with Gasteiger partial charge in [0.25, 0.3) is 5.56 Å². The van der Waals surface area contributed by atoms with Crippen LogP contribution in [0.4, 0.5) is 0 Å². The number of hydrogen-bond acceptors (Lipinski definition) is 6. The van der Waals surface area contributed by atoms with Gasteiger partial charge in [0.1, 0.15) is 10.6 Å². The minimum absolute atomic E-state index is 0.136. The zero-order chi connectivity index (χ0) is 18.5. The lowest BCUT2D eigenvalue weighted by molar-refractivity contribution is 0.333. The summed E-state index contributed by atoms with van der Waals surface area (Å²) in [6.07, 6.45) is 3.65. The monoisotopic (exact) mass is 378 g/mol. The normalized spacial score (nSPS) is 21.4. The molecule has 0 bridgehead atoms. The maximum atomic E-state index is 13.1. The highest BCUT2D eigenvalue weighted by Gasteiger charge is 2.39. The van der Waals surface area contributed by atoms with Gasteiger partial charge < -0.3 is 4.52 Å². The van der Waals surface area contributed by atoms with Gasteiger partial charge in [0.15, 0.2) is 5.76 Å². The molecule has 1 unspecified atom stereocenters. The van der Waals surface area contributed by atoms with Crippen LogP contribution in [-0.4, -0.2) is 40.2 Å². The summed E-state index contributed by atoms with van der Waals surface area (Å²) in [4.78, 5) is 12.3. The quantitative estimate of drug-likeness (QED) is 0.783. The molecular weight excluding hydrogens is 356 g/mol. The van der Waals surface area contributed by atoms with Crippen molar-refractivity contribution in [1.82, 2.24) is 19.2 Å². The fourth-order valence-corrected chi connectivity index (χ4v) is 5.64. The van der Waals surface area contributed by atoms with Crippen LogP contribution in [0, 0.1) is 13.8 Å². The van der Waals surface area contributed by atoms with Gasteiger partial charge >= 0.3 is 0 Å². The van der Waals surface area contributed by atoms with E-state index in [2.05, 4.69) is 10.3 Å². The molecule has 0 aromatic carbocycles. The summed E-state index contributed by atoms with van der Waals surface area (Å²) >= 11 is 0. The van der Waals surface area contributed by atoms with Crippen LogP contribution < -0.4 is 5.56 Å². The van der Waals surface area contributed by atoms with Crippen molar-refractivity contribution in [3.63, 3.8) is 0 Å². The van der Waals surface area contributed by atoms with E-state index in [9.17, 15) is 13.2 Å². The van der Waals surface area contributed by atoms with Gasteiger partial charge in [-0.2, -0.15) is 9.40 Å². The van der Waals surface area contributed by atoms with Gasteiger partial charge in [-0.25, -0.2) is 13.1 Å². The second-order valence-electron chi connectivity index (χ2n) is 7.12. The minimum Gasteiger partial charge on any atom is -0.360 e. The lowest BCUT2D eigenvalue weighted by Crippen LogP contribution is -2.40. The van der Waals surface area contributed by atoms with Gasteiger partial charge in [-0.15, -0.1) is 0 Å². The van der Waals surface area contributed by atoms with Gasteiger partial charge in [-0.05, 0) is 45.6 Å². The maximum absolute atomic E-state index is 13.1. The Morgan fingerprint density at radius 2 is 2.00 bits per heavy atom. The minimum atomic E-state index is -3.72. The Hall–Kier alpha value is -2.00. The van der Waals surface area contributed by atoms with Crippen molar-refractivity contribution in [3.8, 4) is 0 Å². The summed E-state index contributed by atoms with van der Waals surface area (Å²) in [6, 6.07) is 3.01. The standard InChI is InChI=1S/C17H22N4O4S/c1-11-17(12(2)25-19-11)26(23,24)21-9-3-4-14(21)10-20-16(22)8-7-15(18-20)13-5-6-13/h7-8,13-14H,3-6,9-10H2,1-2H3. The summed E-state index contributed by atoms with van der Waals surface area (Å²) in [5.41, 5.74) is 1.08. The highest BCUT2D eigenvalue weighted by atomic mass is 32.2. The van der Waals surface area contributed by atoms with Gasteiger partial charge in [0.2, 0.25) is 10.0 Å². The maximum Gasteiger partial charge on any atom is 0.266 e. The highest BCUT2D eigenvalue weighted by Crippen LogP contribution is 2.38. The molecule has 9 heteroatoms. The van der Waals surface area contributed by atoms with Crippen LogP contribution in [0.25, 0.3) is 0 Å². The molecular formula is C17H22N4O4S. The van der Waals surface area contributed by atoms with E-state index in [0.29, 0.717) is 30.3 Å². The molecule has 0 radical (unpaired) electrons. The van der Waals surface area contributed by atoms with Crippen LogP contribution in [0.5, 0.6) is 0 Å². The molecule has 2 aliphatic rings. The molecule has 140 valence electrons. The van der Waals surface area contributed by atoms with Crippen molar-refractivity contribution in [1.29, 1.82) is 0 Å². The van der Waals surface area contributed by atoms with E-state index in [1.165, 1.54) is 15.1 Å². The number of aryl methyl sites for hydroxylation is 2. The number of nitrogens with zero attached hydrogens (tertiary/aromatic N) is 4. The molecule has 1 saturated heterocycles. The van der Waals surface area contributed by atoms with Gasteiger partial charge in [-0.3, -0.25) is 4.79 Å². The first-order chi connectivity index (χ1) is 12.4. The third-order valence-corrected chi connectivity index (χ3v) is 7.32. The van der Waals surface area contributed by atoms with E-state index in [0.717, 1.165) is 25.0 Å². The molecule has 4 rings (SSSR count). The Kier molecular flexibility index (Phi) is 4.23. The van der Waals surface area contributed by atoms with E-state index >= 15 is 0 Å². The largest absolute Gasteiger partial charge is 0.360 e. The molecule has 8 nitrogen and oxygen atoms in total. The van der Waals surface area contributed by atoms with E-state index in [4.69, 9.17) is 4.52 Å². The predicted octanol–water partition coefficient (Wildman–Crippen LogP) is 1.58. The van der Waals surface area contributed by atoms with Crippen LogP contribution in [-0.2, 0) is 16.6 Å². The van der Waals surface area contributed by atoms with Crippen molar-refractivity contribution in [3.05, 3.63) is 39.6 Å². The zero-order valence-electron chi connectivity index (χ0n) is 14.9. The van der Waals surface area contributed by atoms with Crippen LogP contribution in [0.3, 0.4) is 0 Å². The lowest BCUT2D eigenvalue weighted by atomic mass is 10.2. The fourth-order valence-electron chi connectivity index (χ4n) is 3.66. The molecule has 2 fully saturated rings. The van der Waals surface area contributed by atoms with Crippen molar-refractivity contribution >= 4 is 10.0 Å². The molecule has 2 aromatic rings. The van der Waals surface area contributed by atoms with Crippen molar-refractivity contribution in [2.75, 3.05) is 6.54 Å². The SMILES string of the molecule is Cc1noc(C)c1S(=O)(=O)N1CCCC1Cn1nc(C2CC2)ccc1=O. The predicted molar refractivity (Wildman–Crippen MR) is 93.4 cm³/mol. The molecule has 1 saturated carbocycles. The summed E-state index contributed by atoms with van der Waals surface area (Å²) in [7, 11) is -3.72. The topological polar surface area (TPSA) is 98.3 Å². The Bertz CT molecular complexity index is 971. The molecule has 0 N–H and O–H groups in total. The molecule has 0 amide bonds. The third-order valence-electron chi connectivity index (χ3n) is 5.12. The Morgan fingerprint density at radius 3 is 2.65 bits per heavy atom. The Balaban J connectivity index is 1.63. The molecule has 1 atom stereocenters. The zero-order valence-corrected chi connectivity index (χ0v) is 15.7. The fraction of sp³-hybridized carbons (Fsp3) is 0.588. The summed E-state index contributed by atoms with van der Waals surface area (Å²) in [5.74, 6) is 0.728. The number of sulfonamides is 1. The lowest BCUT2D eigenvalue weighted by Gasteiger charge is -2.24. The number of aromatic nitrogens is 3. The summed E-state index contributed by atoms with van der Waals surface area (Å²) in [6.45, 7) is 3.92. The second kappa shape index (κ2) is 6.31. The number of rotatable bonds is 5. The Morgan fingerprint density at radius 1 is 1.23 bits per heavy atom. The Labute approximate surface area is 151 Å². The van der Waals surface area contributed by atoms with Crippen molar-refractivity contribution in [2.24, 2.45) is 0 Å². The van der Waals surface area contributed by atoms with Crippen LogP contribution in [0.15, 0.2) is 26.3 Å². The first kappa shape index (κ1) is 17.4. The van der Waals surface area contributed by atoms with Crippen LogP contribution in [0.2, 0.25) is 0 Å². The molecule has 3 heterocycles. The molecule has 26 heavy (non-hydrogen) atoms. The smallest absolute Gasteiger partial charge is 0.266 e. The van der Waals surface area contributed by atoms with E-state index in [1.807, 2.05) is 0 Å². The van der Waals surface area contributed by atoms with Gasteiger partial charge in [-0.1, -0.05) is 5.16 Å². The van der Waals surface area contributed by atoms with Crippen molar-refractivity contribution in [2.45, 2.75) is 62.9 Å². The van der Waals surface area contributed by atoms with Gasteiger partial charge in [0.05, 0.1) is 12.2 Å². The highest BCUT2D eigenvalue weighted by molar-refractivity contribution is 7.89. The van der Waals surface area contributed by atoms with Crippen LogP contribution >= 0.6 is 0 Å². The van der Waals surface area contributed by atoms with E-state index < -0.39 is 10.0 Å². The first-order valence-electron chi connectivity index (χ1n) is 8.90. The van der Waals surface area contributed by atoms with E-state index in [-0.39, 0.29) is 23.0 Å². The molecule has 1 aliphatic carbocycles. The van der Waals surface area contributed by atoms with Gasteiger partial charge in [0, 0.05) is 24.6 Å². The first-order valence-corrected chi connectivity index (χ1v) is 10.3. The van der Waals surface area contributed by atoms with E-state index in [1.54, 1.807) is 19.9 Å². The second-order valence-corrected chi connectivity index (χ2v) is 8.95. The number of hydrogen-bond donors (Lipinski definition) is 0. The average molecular weight is 378 g/mol. The van der Waals surface area contributed by atoms with Crippen LogP contribution in [0.1, 0.15) is 48.7 Å². The molecule has 2 aromatic heterocycles. The molecule has 1 aliphatic heterocycles. The van der Waals surface area contributed by atoms with Crippen molar-refractivity contribution < 1.29 is 12.9 Å². The third kappa shape index (κ3) is 2.99. The summed E-state index contributed by atoms with van der Waals surface area (Å²) < 4.78 is 34.2. The summed E-state index contributed by atoms with van der Waals surface area (Å²) in [5, 5.41) is 8.23. The average Bonchev–Trinajstić information content (AvgIpc) is 3.23. The molecule has 0 spiro atoms.